The van der Waals surface area contributed by atoms with E-state index in [2.05, 4.69) is 5.32 Å². The molecule has 0 bridgehead atoms. The summed E-state index contributed by atoms with van der Waals surface area (Å²) in [5.74, 6) is 0.450. The molecule has 0 spiro atoms. The van der Waals surface area contributed by atoms with Crippen LogP contribution in [0.15, 0.2) is 48.5 Å². The Balaban J connectivity index is 1.75. The van der Waals surface area contributed by atoms with Crippen LogP contribution in [0.25, 0.3) is 0 Å². The highest BCUT2D eigenvalue weighted by Crippen LogP contribution is 2.20. The third kappa shape index (κ3) is 6.59. The van der Waals surface area contributed by atoms with E-state index >= 15 is 0 Å². The molecule has 0 radical (unpaired) electrons. The van der Waals surface area contributed by atoms with Crippen molar-refractivity contribution >= 4 is 11.8 Å². The molecular weight excluding hydrogens is 400 g/mol. The molecule has 1 aliphatic carbocycles. The number of aryl methyl sites for hydroxylation is 2. The molecule has 0 aromatic heterocycles. The second kappa shape index (κ2) is 11.7. The maximum atomic E-state index is 13.3. The zero-order valence-corrected chi connectivity index (χ0v) is 19.6. The molecular formula is C27H36N2O3. The fourth-order valence-corrected chi connectivity index (χ4v) is 4.29. The van der Waals surface area contributed by atoms with Gasteiger partial charge < -0.3 is 15.0 Å². The molecule has 2 aromatic rings. The average molecular weight is 437 g/mol. The highest BCUT2D eigenvalue weighted by atomic mass is 16.5. The fraction of sp³-hybridized carbons (Fsp3) is 0.481. The number of benzene rings is 2. The fourth-order valence-electron chi connectivity index (χ4n) is 4.29. The summed E-state index contributed by atoms with van der Waals surface area (Å²) >= 11 is 0. The standard InChI is InChI=1S/C27H36N2O3/c1-4-24(27(31)28-23-11-6-5-7-12-23)29(18-22-16-14-20(2)15-17-22)26(30)19-32-25-13-9-8-10-21(25)3/h8-10,13-17,23-24H,4-7,11-12,18-19H2,1-3H3,(H,28,31). The lowest BCUT2D eigenvalue weighted by atomic mass is 9.95. The van der Waals surface area contributed by atoms with Gasteiger partial charge in [-0.3, -0.25) is 9.59 Å². The summed E-state index contributed by atoms with van der Waals surface area (Å²) in [6.07, 6.45) is 6.13. The van der Waals surface area contributed by atoms with E-state index in [-0.39, 0.29) is 24.5 Å². The molecule has 5 nitrogen and oxygen atoms in total. The minimum absolute atomic E-state index is 0.0595. The van der Waals surface area contributed by atoms with Gasteiger partial charge in [-0.15, -0.1) is 0 Å². The molecule has 5 heteroatoms. The molecule has 1 unspecified atom stereocenters. The van der Waals surface area contributed by atoms with Crippen LogP contribution < -0.4 is 10.1 Å². The predicted molar refractivity (Wildman–Crippen MR) is 127 cm³/mol. The van der Waals surface area contributed by atoms with Gasteiger partial charge in [0.2, 0.25) is 5.91 Å². The van der Waals surface area contributed by atoms with Gasteiger partial charge in [-0.1, -0.05) is 74.2 Å². The maximum Gasteiger partial charge on any atom is 0.261 e. The van der Waals surface area contributed by atoms with Crippen molar-refractivity contribution in [2.75, 3.05) is 6.61 Å². The zero-order chi connectivity index (χ0) is 22.9. The molecule has 0 saturated heterocycles. The van der Waals surface area contributed by atoms with Crippen LogP contribution >= 0.6 is 0 Å². The quantitative estimate of drug-likeness (QED) is 0.606. The van der Waals surface area contributed by atoms with Crippen molar-refractivity contribution < 1.29 is 14.3 Å². The van der Waals surface area contributed by atoms with Crippen molar-refractivity contribution in [3.8, 4) is 5.75 Å². The van der Waals surface area contributed by atoms with Gasteiger partial charge >= 0.3 is 0 Å². The van der Waals surface area contributed by atoms with E-state index in [0.717, 1.165) is 42.4 Å². The predicted octanol–water partition coefficient (Wildman–Crippen LogP) is 4.94. The first kappa shape index (κ1) is 23.8. The van der Waals surface area contributed by atoms with Crippen molar-refractivity contribution in [1.82, 2.24) is 10.2 Å². The van der Waals surface area contributed by atoms with Crippen LogP contribution in [0.2, 0.25) is 0 Å². The van der Waals surface area contributed by atoms with Crippen molar-refractivity contribution in [3.63, 3.8) is 0 Å². The van der Waals surface area contributed by atoms with Gasteiger partial charge in [-0.2, -0.15) is 0 Å². The van der Waals surface area contributed by atoms with E-state index < -0.39 is 6.04 Å². The van der Waals surface area contributed by atoms with Crippen molar-refractivity contribution in [3.05, 3.63) is 65.2 Å². The Kier molecular flexibility index (Phi) is 8.72. The molecule has 1 saturated carbocycles. The first-order chi connectivity index (χ1) is 15.5. The van der Waals surface area contributed by atoms with E-state index in [0.29, 0.717) is 18.7 Å². The van der Waals surface area contributed by atoms with Crippen LogP contribution in [0.4, 0.5) is 0 Å². The number of ether oxygens (including phenoxy) is 1. The van der Waals surface area contributed by atoms with Gasteiger partial charge in [0.15, 0.2) is 6.61 Å². The molecule has 1 atom stereocenters. The molecule has 3 rings (SSSR count). The minimum atomic E-state index is -0.522. The lowest BCUT2D eigenvalue weighted by Gasteiger charge is -2.32. The molecule has 1 aliphatic rings. The Morgan fingerprint density at radius 3 is 2.38 bits per heavy atom. The second-order valence-corrected chi connectivity index (χ2v) is 8.83. The van der Waals surface area contributed by atoms with Gasteiger partial charge in [0.1, 0.15) is 11.8 Å². The summed E-state index contributed by atoms with van der Waals surface area (Å²) in [5, 5.41) is 3.21. The molecule has 32 heavy (non-hydrogen) atoms. The van der Waals surface area contributed by atoms with Gasteiger partial charge in [-0.25, -0.2) is 0 Å². The molecule has 0 aliphatic heterocycles. The Labute approximate surface area is 192 Å². The number of hydrogen-bond donors (Lipinski definition) is 1. The summed E-state index contributed by atoms with van der Waals surface area (Å²) in [7, 11) is 0. The van der Waals surface area contributed by atoms with E-state index in [1.165, 1.54) is 6.42 Å². The highest BCUT2D eigenvalue weighted by molar-refractivity contribution is 5.88. The largest absolute Gasteiger partial charge is 0.484 e. The van der Waals surface area contributed by atoms with E-state index in [9.17, 15) is 9.59 Å². The lowest BCUT2D eigenvalue weighted by Crippen LogP contribution is -2.52. The topological polar surface area (TPSA) is 58.6 Å². The van der Waals surface area contributed by atoms with Crippen molar-refractivity contribution in [2.24, 2.45) is 0 Å². The first-order valence-corrected chi connectivity index (χ1v) is 11.8. The van der Waals surface area contributed by atoms with Gasteiger partial charge in [0, 0.05) is 12.6 Å². The molecule has 0 heterocycles. The number of nitrogens with one attached hydrogen (secondary N) is 1. The van der Waals surface area contributed by atoms with E-state index in [4.69, 9.17) is 4.74 Å². The average Bonchev–Trinajstić information content (AvgIpc) is 2.80. The monoisotopic (exact) mass is 436 g/mol. The summed E-state index contributed by atoms with van der Waals surface area (Å²) < 4.78 is 5.84. The maximum absolute atomic E-state index is 13.3. The third-order valence-corrected chi connectivity index (χ3v) is 6.26. The molecule has 2 aromatic carbocycles. The minimum Gasteiger partial charge on any atom is -0.484 e. The van der Waals surface area contributed by atoms with Crippen LogP contribution in [0.1, 0.15) is 62.1 Å². The van der Waals surface area contributed by atoms with Crippen LogP contribution in [-0.4, -0.2) is 35.4 Å². The van der Waals surface area contributed by atoms with Gasteiger partial charge in [-0.05, 0) is 50.3 Å². The third-order valence-electron chi connectivity index (χ3n) is 6.26. The van der Waals surface area contributed by atoms with Gasteiger partial charge in [0.05, 0.1) is 0 Å². The van der Waals surface area contributed by atoms with E-state index in [1.54, 1.807) is 4.90 Å². The highest BCUT2D eigenvalue weighted by Gasteiger charge is 2.30. The Bertz CT molecular complexity index is 888. The van der Waals surface area contributed by atoms with Crippen LogP contribution in [0.3, 0.4) is 0 Å². The van der Waals surface area contributed by atoms with Crippen molar-refractivity contribution in [2.45, 2.75) is 77.9 Å². The van der Waals surface area contributed by atoms with Crippen molar-refractivity contribution in [1.29, 1.82) is 0 Å². The second-order valence-electron chi connectivity index (χ2n) is 8.83. The number of amides is 2. The molecule has 2 amide bonds. The lowest BCUT2D eigenvalue weighted by molar-refractivity contribution is -0.143. The Morgan fingerprint density at radius 2 is 1.72 bits per heavy atom. The summed E-state index contributed by atoms with van der Waals surface area (Å²) in [6, 6.07) is 15.4. The van der Waals surface area contributed by atoms with Crippen LogP contribution in [0.5, 0.6) is 5.75 Å². The number of rotatable bonds is 9. The van der Waals surface area contributed by atoms with Crippen LogP contribution in [0, 0.1) is 13.8 Å². The number of para-hydroxylation sites is 1. The van der Waals surface area contributed by atoms with Crippen LogP contribution in [-0.2, 0) is 16.1 Å². The number of carbonyl (C=O) groups is 2. The number of nitrogens with zero attached hydrogens (tertiary/aromatic N) is 1. The SMILES string of the molecule is CCC(C(=O)NC1CCCCC1)N(Cc1ccc(C)cc1)C(=O)COc1ccccc1C. The first-order valence-electron chi connectivity index (χ1n) is 11.8. The molecule has 1 fully saturated rings. The number of hydrogen-bond acceptors (Lipinski definition) is 3. The number of carbonyl (C=O) groups excluding carboxylic acids is 2. The molecule has 1 N–H and O–H groups in total. The van der Waals surface area contributed by atoms with E-state index in [1.807, 2.05) is 69.3 Å². The van der Waals surface area contributed by atoms with Gasteiger partial charge in [0.25, 0.3) is 5.91 Å². The Morgan fingerprint density at radius 1 is 1.03 bits per heavy atom. The summed E-state index contributed by atoms with van der Waals surface area (Å²) in [6.45, 7) is 6.24. The summed E-state index contributed by atoms with van der Waals surface area (Å²) in [5.41, 5.74) is 3.15. The normalized spacial score (nSPS) is 15.1. The zero-order valence-electron chi connectivity index (χ0n) is 19.6. The summed E-state index contributed by atoms with van der Waals surface area (Å²) in [4.78, 5) is 28.2. The Hall–Kier alpha value is -2.82. The smallest absolute Gasteiger partial charge is 0.261 e. The molecule has 172 valence electrons.